The highest BCUT2D eigenvalue weighted by Gasteiger charge is 2.29. The Morgan fingerprint density at radius 1 is 0.806 bits per heavy atom. The van der Waals surface area contributed by atoms with E-state index in [0.717, 1.165) is 56.8 Å². The minimum Gasteiger partial charge on any atom is -0.371 e. The summed E-state index contributed by atoms with van der Waals surface area (Å²) in [5.41, 5.74) is 3.73. The Morgan fingerprint density at radius 3 is 2.08 bits per heavy atom. The molecule has 36 heavy (non-hydrogen) atoms. The molecule has 3 aromatic rings. The Hall–Kier alpha value is -3.87. The van der Waals surface area contributed by atoms with Gasteiger partial charge in [-0.15, -0.1) is 0 Å². The van der Waals surface area contributed by atoms with Gasteiger partial charge in [0.1, 0.15) is 0 Å². The molecule has 0 N–H and O–H groups in total. The van der Waals surface area contributed by atoms with Crippen molar-refractivity contribution in [1.82, 2.24) is 4.90 Å². The number of benzene rings is 3. The molecule has 2 heterocycles. The number of nitrogens with zero attached hydrogens (tertiary/aromatic N) is 4. The molecule has 3 aromatic carbocycles. The zero-order chi connectivity index (χ0) is 24.9. The second kappa shape index (κ2) is 10.8. The van der Waals surface area contributed by atoms with Gasteiger partial charge in [0.15, 0.2) is 0 Å². The van der Waals surface area contributed by atoms with Crippen molar-refractivity contribution < 1.29 is 9.72 Å². The van der Waals surface area contributed by atoms with Gasteiger partial charge in [-0.05, 0) is 48.9 Å². The third-order valence-corrected chi connectivity index (χ3v) is 7.43. The van der Waals surface area contributed by atoms with Crippen molar-refractivity contribution in [3.05, 3.63) is 100 Å². The third kappa shape index (κ3) is 5.35. The predicted octanol–water partition coefficient (Wildman–Crippen LogP) is 5.02. The number of non-ortho nitro benzene ring substituents is 1. The lowest BCUT2D eigenvalue weighted by Gasteiger charge is -2.38. The molecule has 0 atom stereocenters. The van der Waals surface area contributed by atoms with Crippen LogP contribution in [0.15, 0.2) is 78.9 Å². The Balaban J connectivity index is 1.29. The van der Waals surface area contributed by atoms with Crippen molar-refractivity contribution in [3.63, 3.8) is 0 Å². The maximum Gasteiger partial charge on any atom is 0.270 e. The fourth-order valence-corrected chi connectivity index (χ4v) is 5.39. The van der Waals surface area contributed by atoms with Crippen molar-refractivity contribution in [1.29, 1.82) is 0 Å². The smallest absolute Gasteiger partial charge is 0.270 e. The Morgan fingerprint density at radius 2 is 1.44 bits per heavy atom. The number of anilines is 2. The summed E-state index contributed by atoms with van der Waals surface area (Å²) >= 11 is 0. The monoisotopic (exact) mass is 484 g/mol. The van der Waals surface area contributed by atoms with E-state index in [4.69, 9.17) is 0 Å². The van der Waals surface area contributed by atoms with Gasteiger partial charge in [-0.25, -0.2) is 0 Å². The number of rotatable bonds is 6. The highest BCUT2D eigenvalue weighted by molar-refractivity contribution is 6.00. The van der Waals surface area contributed by atoms with E-state index in [1.54, 1.807) is 6.07 Å². The van der Waals surface area contributed by atoms with E-state index < -0.39 is 4.92 Å². The summed E-state index contributed by atoms with van der Waals surface area (Å²) in [4.78, 5) is 31.1. The summed E-state index contributed by atoms with van der Waals surface area (Å²) in [7, 11) is 0. The van der Waals surface area contributed by atoms with Gasteiger partial charge in [0.25, 0.3) is 11.6 Å². The molecule has 2 aliphatic rings. The normalized spacial score (nSPS) is 16.7. The van der Waals surface area contributed by atoms with Gasteiger partial charge in [-0.3, -0.25) is 14.9 Å². The van der Waals surface area contributed by atoms with Crippen molar-refractivity contribution in [2.24, 2.45) is 5.92 Å². The molecule has 5 rings (SSSR count). The molecule has 186 valence electrons. The van der Waals surface area contributed by atoms with Crippen LogP contribution in [0.4, 0.5) is 17.1 Å². The van der Waals surface area contributed by atoms with Gasteiger partial charge in [-0.2, -0.15) is 0 Å². The van der Waals surface area contributed by atoms with Gasteiger partial charge in [0.2, 0.25) is 0 Å². The third-order valence-electron chi connectivity index (χ3n) is 7.43. The average molecular weight is 485 g/mol. The predicted molar refractivity (Wildman–Crippen MR) is 143 cm³/mol. The van der Waals surface area contributed by atoms with E-state index in [-0.39, 0.29) is 11.6 Å². The fourth-order valence-electron chi connectivity index (χ4n) is 5.39. The van der Waals surface area contributed by atoms with Gasteiger partial charge in [-0.1, -0.05) is 48.5 Å². The molecule has 2 fully saturated rings. The number of para-hydroxylation sites is 1. The van der Waals surface area contributed by atoms with Gasteiger partial charge in [0.05, 0.1) is 16.2 Å². The van der Waals surface area contributed by atoms with Crippen LogP contribution in [0.2, 0.25) is 0 Å². The molecule has 0 unspecified atom stereocenters. The molecular formula is C29H32N4O3. The number of carbonyl (C=O) groups excluding carboxylic acids is 1. The molecular weight excluding hydrogens is 452 g/mol. The summed E-state index contributed by atoms with van der Waals surface area (Å²) in [5.74, 6) is 0.486. The molecule has 0 spiro atoms. The maximum atomic E-state index is 13.6. The maximum absolute atomic E-state index is 13.6. The minimum atomic E-state index is -0.417. The lowest BCUT2D eigenvalue weighted by molar-refractivity contribution is -0.384. The van der Waals surface area contributed by atoms with E-state index in [1.807, 2.05) is 29.2 Å². The van der Waals surface area contributed by atoms with Gasteiger partial charge < -0.3 is 14.7 Å². The summed E-state index contributed by atoms with van der Waals surface area (Å²) in [6, 6.07) is 25.5. The lowest BCUT2D eigenvalue weighted by Crippen LogP contribution is -2.49. The van der Waals surface area contributed by atoms with Crippen LogP contribution in [0.25, 0.3) is 0 Å². The van der Waals surface area contributed by atoms with E-state index in [0.29, 0.717) is 24.6 Å². The number of amides is 1. The first-order chi connectivity index (χ1) is 17.6. The highest BCUT2D eigenvalue weighted by atomic mass is 16.6. The number of hydrogen-bond acceptors (Lipinski definition) is 5. The van der Waals surface area contributed by atoms with E-state index in [2.05, 4.69) is 46.2 Å². The standard InChI is InChI=1S/C29H32N4O3/c34-29(32-19-17-30(18-20-32)25-9-5-2-6-10-25)27-22-26(33(35)36)11-12-28(27)31-15-13-24(14-16-31)21-23-7-3-1-4-8-23/h1-12,22,24H,13-21H2. The van der Waals surface area contributed by atoms with Crippen LogP contribution in [0.1, 0.15) is 28.8 Å². The molecule has 2 aliphatic heterocycles. The van der Waals surface area contributed by atoms with Crippen molar-refractivity contribution >= 4 is 23.0 Å². The van der Waals surface area contributed by atoms with Crippen molar-refractivity contribution in [2.45, 2.75) is 19.3 Å². The second-order valence-electron chi connectivity index (χ2n) is 9.69. The molecule has 1 amide bonds. The zero-order valence-electron chi connectivity index (χ0n) is 20.5. The average Bonchev–Trinajstić information content (AvgIpc) is 2.94. The quantitative estimate of drug-likeness (QED) is 0.363. The number of piperidine rings is 1. The molecule has 0 radical (unpaired) electrons. The van der Waals surface area contributed by atoms with Crippen LogP contribution in [0.3, 0.4) is 0 Å². The fraction of sp³-hybridized carbons (Fsp3) is 0.345. The first-order valence-corrected chi connectivity index (χ1v) is 12.7. The molecule has 2 saturated heterocycles. The second-order valence-corrected chi connectivity index (χ2v) is 9.69. The van der Waals surface area contributed by atoms with E-state index in [1.165, 1.54) is 17.7 Å². The van der Waals surface area contributed by atoms with Crippen LogP contribution >= 0.6 is 0 Å². The Bertz CT molecular complexity index is 1190. The summed E-state index contributed by atoms with van der Waals surface area (Å²) in [6.45, 7) is 4.36. The minimum absolute atomic E-state index is 0.0380. The van der Waals surface area contributed by atoms with Crippen molar-refractivity contribution in [2.75, 3.05) is 49.1 Å². The van der Waals surface area contributed by atoms with Crippen LogP contribution in [-0.2, 0) is 6.42 Å². The number of piperazine rings is 1. The Kier molecular flexibility index (Phi) is 7.16. The van der Waals surface area contributed by atoms with Crippen molar-refractivity contribution in [3.8, 4) is 0 Å². The largest absolute Gasteiger partial charge is 0.371 e. The molecule has 0 aromatic heterocycles. The number of nitro benzene ring substituents is 1. The SMILES string of the molecule is O=C(c1cc([N+](=O)[O-])ccc1N1CCC(Cc2ccccc2)CC1)N1CCN(c2ccccc2)CC1. The number of nitro groups is 1. The molecule has 7 heteroatoms. The topological polar surface area (TPSA) is 69.9 Å². The van der Waals surface area contributed by atoms with E-state index >= 15 is 0 Å². The summed E-state index contributed by atoms with van der Waals surface area (Å²) < 4.78 is 0. The van der Waals surface area contributed by atoms with Crippen LogP contribution < -0.4 is 9.80 Å². The van der Waals surface area contributed by atoms with Gasteiger partial charge in [0, 0.05) is 57.1 Å². The molecule has 0 aliphatic carbocycles. The first kappa shape index (κ1) is 23.9. The molecule has 0 saturated carbocycles. The van der Waals surface area contributed by atoms with Crippen LogP contribution in [0.5, 0.6) is 0 Å². The zero-order valence-corrected chi connectivity index (χ0v) is 20.5. The molecule has 0 bridgehead atoms. The van der Waals surface area contributed by atoms with Crippen LogP contribution in [0, 0.1) is 16.0 Å². The first-order valence-electron chi connectivity index (χ1n) is 12.7. The summed E-state index contributed by atoms with van der Waals surface area (Å²) in [5, 5.41) is 11.5. The number of hydrogen-bond donors (Lipinski definition) is 0. The Labute approximate surface area is 212 Å². The highest BCUT2D eigenvalue weighted by Crippen LogP contribution is 2.32. The lowest BCUT2D eigenvalue weighted by atomic mass is 9.89. The molecule has 7 nitrogen and oxygen atoms in total. The van der Waals surface area contributed by atoms with E-state index in [9.17, 15) is 14.9 Å². The number of carbonyl (C=O) groups is 1. The van der Waals surface area contributed by atoms with Crippen LogP contribution in [-0.4, -0.2) is 55.0 Å². The van der Waals surface area contributed by atoms with Gasteiger partial charge >= 0.3 is 0 Å². The summed E-state index contributed by atoms with van der Waals surface area (Å²) in [6.07, 6.45) is 3.14.